The molecule has 0 saturated carbocycles. The second-order valence-corrected chi connectivity index (χ2v) is 11.1. The van der Waals surface area contributed by atoms with Crippen LogP contribution in [0.3, 0.4) is 0 Å². The first-order valence-electron chi connectivity index (χ1n) is 17.4. The highest BCUT2D eigenvalue weighted by atomic mass is 19.4. The van der Waals surface area contributed by atoms with Gasteiger partial charge in [-0.25, -0.2) is 4.79 Å². The van der Waals surface area contributed by atoms with Crippen LogP contribution >= 0.6 is 0 Å². The summed E-state index contributed by atoms with van der Waals surface area (Å²) >= 11 is 0. The van der Waals surface area contributed by atoms with Crippen LogP contribution in [-0.4, -0.2) is 153 Å². The van der Waals surface area contributed by atoms with Crippen LogP contribution in [0, 0.1) is 20.2 Å². The van der Waals surface area contributed by atoms with Crippen LogP contribution in [0.2, 0.25) is 0 Å². The zero-order valence-electron chi connectivity index (χ0n) is 30.7. The first-order chi connectivity index (χ1) is 27.0. The molecule has 2 aromatic rings. The van der Waals surface area contributed by atoms with Gasteiger partial charge in [-0.2, -0.15) is 13.2 Å². The van der Waals surface area contributed by atoms with E-state index in [0.29, 0.717) is 98.6 Å². The summed E-state index contributed by atoms with van der Waals surface area (Å²) in [5.41, 5.74) is -2.22. The van der Waals surface area contributed by atoms with Gasteiger partial charge in [0, 0.05) is 12.6 Å². The lowest BCUT2D eigenvalue weighted by Gasteiger charge is -2.12. The first kappa shape index (κ1) is 47.9. The summed E-state index contributed by atoms with van der Waals surface area (Å²) in [6, 6.07) is 5.67. The van der Waals surface area contributed by atoms with E-state index in [1.165, 1.54) is 12.1 Å². The van der Waals surface area contributed by atoms with Gasteiger partial charge in [0.2, 0.25) is 0 Å². The standard InChI is InChI=1S/C34H48F3N3O16/c35-34(36,37)28-23-27(33(41)42)24-30(25-28)56-22-21-55-20-19-54-18-17-53-16-15-52-14-13-51-12-11-50-10-9-49-8-7-48-6-5-47-4-3-38-31-2-1-29(39(43)44)26-32(31)40(45)46/h1-2,23-26,38H,3-22H2,(H,41,42). The van der Waals surface area contributed by atoms with Gasteiger partial charge >= 0.3 is 12.1 Å². The van der Waals surface area contributed by atoms with Crippen molar-refractivity contribution in [2.45, 2.75) is 6.18 Å². The number of nitrogens with one attached hydrogen (secondary N) is 1. The van der Waals surface area contributed by atoms with Crippen molar-refractivity contribution >= 4 is 23.0 Å². The molecule has 0 heterocycles. The predicted molar refractivity (Wildman–Crippen MR) is 190 cm³/mol. The Morgan fingerprint density at radius 2 is 1.00 bits per heavy atom. The molecule has 0 saturated heterocycles. The number of hydrogen-bond acceptors (Lipinski definition) is 16. The van der Waals surface area contributed by atoms with Gasteiger partial charge in [0.25, 0.3) is 11.4 Å². The predicted octanol–water partition coefficient (Wildman–Crippen LogP) is 3.86. The SMILES string of the molecule is O=C(O)c1cc(OCCOCCOCCOCCOCCOCCOCCOCCOCCOCCNc2ccc([N+](=O)[O-])cc2[N+](=O)[O-])cc(C(F)(F)F)c1. The third-order valence-electron chi connectivity index (χ3n) is 6.90. The van der Waals surface area contributed by atoms with Gasteiger partial charge in [0.1, 0.15) is 18.0 Å². The molecule has 22 heteroatoms. The Morgan fingerprint density at radius 3 is 1.38 bits per heavy atom. The highest BCUT2D eigenvalue weighted by Gasteiger charge is 2.32. The lowest BCUT2D eigenvalue weighted by atomic mass is 10.1. The largest absolute Gasteiger partial charge is 0.491 e. The number of carbonyl (C=O) groups is 1. The maximum atomic E-state index is 13.0. The quantitative estimate of drug-likeness (QED) is 0.0572. The zero-order valence-corrected chi connectivity index (χ0v) is 30.7. The topological polar surface area (TPSA) is 228 Å². The molecule has 0 radical (unpaired) electrons. The van der Waals surface area contributed by atoms with Gasteiger partial charge in [-0.15, -0.1) is 0 Å². The lowest BCUT2D eigenvalue weighted by molar-refractivity contribution is -0.393. The van der Waals surface area contributed by atoms with Gasteiger partial charge in [-0.3, -0.25) is 20.2 Å². The van der Waals surface area contributed by atoms with Gasteiger partial charge in [0.15, 0.2) is 0 Å². The molecular weight excluding hydrogens is 763 g/mol. The summed E-state index contributed by atoms with van der Waals surface area (Å²) in [4.78, 5) is 31.6. The molecule has 0 fully saturated rings. The molecule has 0 unspecified atom stereocenters. The maximum absolute atomic E-state index is 13.0. The molecule has 0 bridgehead atoms. The van der Waals surface area contributed by atoms with E-state index >= 15 is 0 Å². The fraction of sp³-hybridized carbons (Fsp3) is 0.618. The van der Waals surface area contributed by atoms with Crippen LogP contribution in [0.5, 0.6) is 5.75 Å². The molecule has 0 aliphatic rings. The van der Waals surface area contributed by atoms with E-state index in [4.69, 9.17) is 52.5 Å². The van der Waals surface area contributed by atoms with Crippen LogP contribution in [0.1, 0.15) is 15.9 Å². The third kappa shape index (κ3) is 22.3. The van der Waals surface area contributed by atoms with E-state index in [9.17, 15) is 38.2 Å². The number of aromatic carboxylic acids is 1. The van der Waals surface area contributed by atoms with Crippen LogP contribution in [-0.2, 0) is 48.8 Å². The molecule has 0 spiro atoms. The van der Waals surface area contributed by atoms with E-state index in [-0.39, 0.29) is 62.4 Å². The minimum Gasteiger partial charge on any atom is -0.491 e. The Morgan fingerprint density at radius 1 is 0.589 bits per heavy atom. The Hall–Kier alpha value is -4.26. The van der Waals surface area contributed by atoms with E-state index < -0.39 is 33.1 Å². The van der Waals surface area contributed by atoms with Gasteiger partial charge in [0.05, 0.1) is 146 Å². The highest BCUT2D eigenvalue weighted by molar-refractivity contribution is 5.88. The lowest BCUT2D eigenvalue weighted by Crippen LogP contribution is -2.16. The molecule has 56 heavy (non-hydrogen) atoms. The van der Waals surface area contributed by atoms with Crippen molar-refractivity contribution in [1.82, 2.24) is 0 Å². The van der Waals surface area contributed by atoms with E-state index in [1.807, 2.05) is 0 Å². The fourth-order valence-electron chi connectivity index (χ4n) is 4.24. The summed E-state index contributed by atoms with van der Waals surface area (Å²) in [5.74, 6) is -1.71. The van der Waals surface area contributed by atoms with Gasteiger partial charge in [-0.05, 0) is 24.3 Å². The average Bonchev–Trinajstić information content (AvgIpc) is 3.16. The summed E-state index contributed by atoms with van der Waals surface area (Å²) in [6.07, 6.45) is -4.70. The number of carboxylic acid groups (broad SMARTS) is 1. The summed E-state index contributed by atoms with van der Waals surface area (Å²) in [7, 11) is 0. The number of anilines is 1. The molecule has 0 atom stereocenters. The Kier molecular flexibility index (Phi) is 24.8. The smallest absolute Gasteiger partial charge is 0.416 e. The molecule has 0 aromatic heterocycles. The van der Waals surface area contributed by atoms with Crippen molar-refractivity contribution in [2.75, 3.05) is 137 Å². The number of rotatable bonds is 35. The summed E-state index contributed by atoms with van der Waals surface area (Å²) in [6.45, 7) is 6.24. The van der Waals surface area contributed by atoms with Crippen molar-refractivity contribution in [3.8, 4) is 5.75 Å². The van der Waals surface area contributed by atoms with Crippen molar-refractivity contribution in [2.24, 2.45) is 0 Å². The van der Waals surface area contributed by atoms with Gasteiger partial charge < -0.3 is 57.8 Å². The number of nitro benzene ring substituents is 2. The Bertz CT molecular complexity index is 1420. The minimum atomic E-state index is -4.70. The summed E-state index contributed by atoms with van der Waals surface area (Å²) in [5, 5.41) is 33.8. The van der Waals surface area contributed by atoms with Crippen molar-refractivity contribution in [1.29, 1.82) is 0 Å². The number of nitro groups is 2. The summed E-state index contributed by atoms with van der Waals surface area (Å²) < 4.78 is 92.7. The van der Waals surface area contributed by atoms with E-state index in [0.717, 1.165) is 18.2 Å². The van der Waals surface area contributed by atoms with E-state index in [2.05, 4.69) is 5.32 Å². The maximum Gasteiger partial charge on any atom is 0.416 e. The van der Waals surface area contributed by atoms with Crippen molar-refractivity contribution < 1.29 is 80.3 Å². The van der Waals surface area contributed by atoms with Crippen molar-refractivity contribution in [3.05, 3.63) is 67.8 Å². The third-order valence-corrected chi connectivity index (χ3v) is 6.90. The molecule has 0 aliphatic carbocycles. The molecule has 19 nitrogen and oxygen atoms in total. The van der Waals surface area contributed by atoms with Crippen molar-refractivity contribution in [3.63, 3.8) is 0 Å². The Labute approximate surface area is 320 Å². The van der Waals surface area contributed by atoms with Crippen LogP contribution < -0.4 is 10.1 Å². The molecule has 0 aliphatic heterocycles. The fourth-order valence-corrected chi connectivity index (χ4v) is 4.24. The minimum absolute atomic E-state index is 0.0688. The Balaban J connectivity index is 1.26. The monoisotopic (exact) mass is 811 g/mol. The van der Waals surface area contributed by atoms with Crippen LogP contribution in [0.15, 0.2) is 36.4 Å². The number of carboxylic acids is 1. The zero-order chi connectivity index (χ0) is 40.9. The second-order valence-electron chi connectivity index (χ2n) is 11.1. The molecule has 2 N–H and O–H groups in total. The normalized spacial score (nSPS) is 11.5. The molecule has 2 rings (SSSR count). The number of ether oxygens (including phenoxy) is 10. The highest BCUT2D eigenvalue weighted by Crippen LogP contribution is 2.33. The van der Waals surface area contributed by atoms with Gasteiger partial charge in [-0.1, -0.05) is 0 Å². The second kappa shape index (κ2) is 29.0. The molecule has 316 valence electrons. The number of non-ortho nitro benzene ring substituents is 1. The number of hydrogen-bond donors (Lipinski definition) is 2. The van der Waals surface area contributed by atoms with E-state index in [1.54, 1.807) is 0 Å². The average molecular weight is 812 g/mol. The van der Waals surface area contributed by atoms with Crippen LogP contribution in [0.25, 0.3) is 0 Å². The number of benzene rings is 2. The molecular formula is C34H48F3N3O16. The number of nitrogens with zero attached hydrogens (tertiary/aromatic N) is 2. The first-order valence-corrected chi connectivity index (χ1v) is 17.4. The van der Waals surface area contributed by atoms with Crippen LogP contribution in [0.4, 0.5) is 30.2 Å². The molecule has 0 amide bonds. The molecule has 2 aromatic carbocycles. The number of halogens is 3. The number of alkyl halides is 3.